The van der Waals surface area contributed by atoms with Crippen LogP contribution in [0, 0.1) is 5.41 Å². The first-order valence-corrected chi connectivity index (χ1v) is 4.95. The summed E-state index contributed by atoms with van der Waals surface area (Å²) in [5.74, 6) is 0. The highest BCUT2D eigenvalue weighted by Gasteiger charge is 2.19. The molecule has 1 N–H and O–H groups in total. The van der Waals surface area contributed by atoms with Gasteiger partial charge in [-0.05, 0) is 19.4 Å². The highest BCUT2D eigenvalue weighted by atomic mass is 14.9. The molecule has 0 aliphatic heterocycles. The van der Waals surface area contributed by atoms with Gasteiger partial charge in [0.25, 0.3) is 0 Å². The average Bonchev–Trinajstić information content (AvgIpc) is 2.12. The zero-order valence-corrected chi connectivity index (χ0v) is 9.52. The molecule has 0 spiro atoms. The number of rotatable bonds is 5. The molecule has 0 aromatic rings. The summed E-state index contributed by atoms with van der Waals surface area (Å²) in [7, 11) is 1.79. The van der Waals surface area contributed by atoms with Crippen molar-refractivity contribution >= 4 is 6.21 Å². The van der Waals surface area contributed by atoms with Crippen molar-refractivity contribution in [1.82, 2.24) is 5.32 Å². The summed E-state index contributed by atoms with van der Waals surface area (Å²) >= 11 is 0. The van der Waals surface area contributed by atoms with Gasteiger partial charge in [-0.2, -0.15) is 0 Å². The molecule has 2 heteroatoms. The lowest BCUT2D eigenvalue weighted by molar-refractivity contribution is 0.401. The van der Waals surface area contributed by atoms with E-state index >= 15 is 0 Å². The van der Waals surface area contributed by atoms with E-state index in [0.717, 1.165) is 13.0 Å². The van der Waals surface area contributed by atoms with Gasteiger partial charge in [-0.3, -0.25) is 4.99 Å². The fraction of sp³-hybridized carbons (Fsp3) is 0.727. The standard InChI is InChI=1S/C11H22N2/c1-6-11(3,4)10(13-7-2)8-9-12-5/h8-9,13H,6-7H2,1-5H3. The van der Waals surface area contributed by atoms with Gasteiger partial charge in [-0.1, -0.05) is 20.8 Å². The molecule has 0 bridgehead atoms. The minimum atomic E-state index is 0.219. The molecule has 0 atom stereocenters. The molecule has 13 heavy (non-hydrogen) atoms. The van der Waals surface area contributed by atoms with Crippen LogP contribution in [0.1, 0.15) is 34.1 Å². The van der Waals surface area contributed by atoms with Gasteiger partial charge in [0.2, 0.25) is 0 Å². The van der Waals surface area contributed by atoms with E-state index in [0.29, 0.717) is 0 Å². The normalized spacial score (nSPS) is 13.8. The zero-order valence-electron chi connectivity index (χ0n) is 9.52. The van der Waals surface area contributed by atoms with Gasteiger partial charge in [0.15, 0.2) is 0 Å². The molecule has 0 saturated heterocycles. The summed E-state index contributed by atoms with van der Waals surface area (Å²) in [6, 6.07) is 0. The fourth-order valence-corrected chi connectivity index (χ4v) is 1.05. The molecule has 0 radical (unpaired) electrons. The van der Waals surface area contributed by atoms with E-state index in [-0.39, 0.29) is 5.41 Å². The maximum absolute atomic E-state index is 3.96. The van der Waals surface area contributed by atoms with Crippen LogP contribution in [0.2, 0.25) is 0 Å². The van der Waals surface area contributed by atoms with Crippen molar-refractivity contribution in [1.29, 1.82) is 0 Å². The molecule has 0 saturated carbocycles. The van der Waals surface area contributed by atoms with E-state index in [1.165, 1.54) is 5.70 Å². The number of nitrogens with zero attached hydrogens (tertiary/aromatic N) is 1. The van der Waals surface area contributed by atoms with Crippen molar-refractivity contribution in [2.45, 2.75) is 34.1 Å². The smallest absolute Gasteiger partial charge is 0.0277 e. The monoisotopic (exact) mass is 182 g/mol. The van der Waals surface area contributed by atoms with Crippen molar-refractivity contribution in [3.8, 4) is 0 Å². The third-order valence-electron chi connectivity index (χ3n) is 2.37. The number of hydrogen-bond donors (Lipinski definition) is 1. The van der Waals surface area contributed by atoms with Crippen molar-refractivity contribution in [2.75, 3.05) is 13.6 Å². The Morgan fingerprint density at radius 2 is 2.00 bits per heavy atom. The van der Waals surface area contributed by atoms with E-state index in [2.05, 4.69) is 44.1 Å². The summed E-state index contributed by atoms with van der Waals surface area (Å²) in [6.45, 7) is 9.76. The van der Waals surface area contributed by atoms with Gasteiger partial charge in [-0.25, -0.2) is 0 Å². The fourth-order valence-electron chi connectivity index (χ4n) is 1.05. The van der Waals surface area contributed by atoms with Gasteiger partial charge in [0.05, 0.1) is 0 Å². The maximum Gasteiger partial charge on any atom is 0.0277 e. The van der Waals surface area contributed by atoms with Crippen molar-refractivity contribution in [3.05, 3.63) is 11.8 Å². The van der Waals surface area contributed by atoms with Crippen molar-refractivity contribution < 1.29 is 0 Å². The van der Waals surface area contributed by atoms with Crippen LogP contribution in [0.25, 0.3) is 0 Å². The summed E-state index contributed by atoms with van der Waals surface area (Å²) in [5, 5.41) is 3.38. The third kappa shape index (κ3) is 4.11. The quantitative estimate of drug-likeness (QED) is 0.649. The minimum absolute atomic E-state index is 0.219. The van der Waals surface area contributed by atoms with Gasteiger partial charge < -0.3 is 5.32 Å². The highest BCUT2D eigenvalue weighted by molar-refractivity contribution is 5.72. The van der Waals surface area contributed by atoms with Crippen LogP contribution in [0.4, 0.5) is 0 Å². The molecule has 2 nitrogen and oxygen atoms in total. The molecule has 0 rings (SSSR count). The second kappa shape index (κ2) is 5.79. The average molecular weight is 182 g/mol. The largest absolute Gasteiger partial charge is 0.388 e. The van der Waals surface area contributed by atoms with Crippen LogP contribution in [-0.4, -0.2) is 19.8 Å². The first-order valence-electron chi connectivity index (χ1n) is 4.95. The molecule has 0 unspecified atom stereocenters. The Morgan fingerprint density at radius 1 is 1.38 bits per heavy atom. The Bertz CT molecular complexity index is 190. The van der Waals surface area contributed by atoms with Gasteiger partial charge in [0.1, 0.15) is 0 Å². The Balaban J connectivity index is 4.58. The molecule has 76 valence electrons. The van der Waals surface area contributed by atoms with Crippen LogP contribution < -0.4 is 5.32 Å². The lowest BCUT2D eigenvalue weighted by Gasteiger charge is -2.27. The summed E-state index contributed by atoms with van der Waals surface area (Å²) in [6.07, 6.45) is 5.03. The van der Waals surface area contributed by atoms with Gasteiger partial charge in [0, 0.05) is 30.9 Å². The number of nitrogens with one attached hydrogen (secondary N) is 1. The van der Waals surface area contributed by atoms with E-state index in [9.17, 15) is 0 Å². The van der Waals surface area contributed by atoms with Crippen LogP contribution >= 0.6 is 0 Å². The lowest BCUT2D eigenvalue weighted by atomic mass is 9.86. The number of hydrogen-bond acceptors (Lipinski definition) is 2. The van der Waals surface area contributed by atoms with Crippen LogP contribution in [0.5, 0.6) is 0 Å². The first-order chi connectivity index (χ1) is 6.08. The van der Waals surface area contributed by atoms with Crippen LogP contribution in [0.3, 0.4) is 0 Å². The van der Waals surface area contributed by atoms with Crippen LogP contribution in [0.15, 0.2) is 16.8 Å². The SMILES string of the molecule is CCNC(=CC=NC)C(C)(C)CC. The third-order valence-corrected chi connectivity index (χ3v) is 2.37. The summed E-state index contributed by atoms with van der Waals surface area (Å²) in [5.41, 5.74) is 1.49. The predicted octanol–water partition coefficient (Wildman–Crippen LogP) is 2.62. The Kier molecular flexibility index (Phi) is 5.44. The van der Waals surface area contributed by atoms with Crippen LogP contribution in [-0.2, 0) is 0 Å². The zero-order chi connectivity index (χ0) is 10.3. The highest BCUT2D eigenvalue weighted by Crippen LogP contribution is 2.27. The van der Waals surface area contributed by atoms with E-state index in [1.54, 1.807) is 7.05 Å². The Morgan fingerprint density at radius 3 is 2.38 bits per heavy atom. The number of allylic oxidation sites excluding steroid dienone is 2. The predicted molar refractivity (Wildman–Crippen MR) is 60.2 cm³/mol. The second-order valence-corrected chi connectivity index (χ2v) is 3.76. The van der Waals surface area contributed by atoms with Gasteiger partial charge >= 0.3 is 0 Å². The molecular weight excluding hydrogens is 160 g/mol. The molecule has 0 fully saturated rings. The van der Waals surface area contributed by atoms with Gasteiger partial charge in [-0.15, -0.1) is 0 Å². The molecule has 0 aromatic carbocycles. The maximum atomic E-state index is 3.96. The van der Waals surface area contributed by atoms with E-state index in [1.807, 2.05) is 6.21 Å². The summed E-state index contributed by atoms with van der Waals surface area (Å²) in [4.78, 5) is 3.96. The van der Waals surface area contributed by atoms with Crippen molar-refractivity contribution in [3.63, 3.8) is 0 Å². The Labute approximate surface area is 82.1 Å². The topological polar surface area (TPSA) is 24.4 Å². The first kappa shape index (κ1) is 12.2. The molecule has 0 heterocycles. The van der Waals surface area contributed by atoms with Crippen molar-refractivity contribution in [2.24, 2.45) is 10.4 Å². The lowest BCUT2D eigenvalue weighted by Crippen LogP contribution is -2.26. The Hall–Kier alpha value is -0.790. The molecule has 0 amide bonds. The molecule has 0 aromatic heterocycles. The minimum Gasteiger partial charge on any atom is -0.388 e. The number of aliphatic imine (C=N–C) groups is 1. The second-order valence-electron chi connectivity index (χ2n) is 3.76. The molecule has 0 aliphatic rings. The van der Waals surface area contributed by atoms with E-state index < -0.39 is 0 Å². The molecule has 0 aliphatic carbocycles. The molecular formula is C11H22N2. The van der Waals surface area contributed by atoms with E-state index in [4.69, 9.17) is 0 Å². The summed E-state index contributed by atoms with van der Waals surface area (Å²) < 4.78 is 0.